The molecule has 0 aliphatic heterocycles. The third-order valence-electron chi connectivity index (χ3n) is 6.42. The van der Waals surface area contributed by atoms with Gasteiger partial charge in [0.25, 0.3) is 0 Å². The number of fused-ring (bicyclic) bond motifs is 1. The molecule has 3 fully saturated rings. The highest BCUT2D eigenvalue weighted by molar-refractivity contribution is 6.07. The van der Waals surface area contributed by atoms with Crippen LogP contribution in [0.2, 0.25) is 0 Å². The molecule has 3 saturated carbocycles. The van der Waals surface area contributed by atoms with Gasteiger partial charge < -0.3 is 0 Å². The van der Waals surface area contributed by atoms with E-state index in [1.165, 1.54) is 24.1 Å². The Bertz CT molecular complexity index is 537. The van der Waals surface area contributed by atoms with Crippen molar-refractivity contribution in [3.8, 4) is 0 Å². The Morgan fingerprint density at radius 1 is 1.05 bits per heavy atom. The predicted molar refractivity (Wildman–Crippen MR) is 72.3 cm³/mol. The Morgan fingerprint density at radius 2 is 1.79 bits per heavy atom. The summed E-state index contributed by atoms with van der Waals surface area (Å²) in [6.07, 6.45) is 8.52. The van der Waals surface area contributed by atoms with E-state index in [0.717, 1.165) is 18.8 Å². The molecule has 0 amide bonds. The lowest BCUT2D eigenvalue weighted by molar-refractivity contribution is -0.135. The van der Waals surface area contributed by atoms with Crippen molar-refractivity contribution in [2.75, 3.05) is 0 Å². The zero-order valence-electron chi connectivity index (χ0n) is 11.6. The van der Waals surface area contributed by atoms with E-state index in [4.69, 9.17) is 0 Å². The maximum absolute atomic E-state index is 12.2. The number of rotatable bonds is 0. The molecule has 0 aromatic carbocycles. The van der Waals surface area contributed by atoms with Crippen LogP contribution in [0.4, 0.5) is 0 Å². The molecule has 0 aromatic rings. The summed E-state index contributed by atoms with van der Waals surface area (Å²) in [6, 6.07) is 0. The molecule has 0 spiro atoms. The average Bonchev–Trinajstić information content (AvgIpc) is 2.41. The average molecular weight is 256 g/mol. The van der Waals surface area contributed by atoms with Crippen LogP contribution in [0.15, 0.2) is 23.8 Å². The van der Waals surface area contributed by atoms with E-state index in [1.807, 2.05) is 0 Å². The van der Waals surface area contributed by atoms with Gasteiger partial charge in [-0.25, -0.2) is 0 Å². The first kappa shape index (κ1) is 11.6. The summed E-state index contributed by atoms with van der Waals surface area (Å²) in [4.78, 5) is 24.2. The van der Waals surface area contributed by atoms with Crippen molar-refractivity contribution in [2.45, 2.75) is 33.1 Å². The van der Waals surface area contributed by atoms with Gasteiger partial charge in [0.15, 0.2) is 11.6 Å². The standard InChI is InChI=1S/C17H20O2/c1-17(2)9-7-12-10(13(17)8-9)3-4-11-14(18)5-6-15(19)16(11)12/h3,5-6,9,11-13,16H,4,7-8H2,1-2H3/t9-,11-,12-,13+,16+/m0/s1. The Labute approximate surface area is 113 Å². The summed E-state index contributed by atoms with van der Waals surface area (Å²) in [5, 5.41) is 0. The van der Waals surface area contributed by atoms with Gasteiger partial charge in [-0.3, -0.25) is 9.59 Å². The van der Waals surface area contributed by atoms with Gasteiger partial charge in [0.2, 0.25) is 0 Å². The molecular weight excluding hydrogens is 236 g/mol. The van der Waals surface area contributed by atoms with Crippen LogP contribution in [0.1, 0.15) is 33.1 Å². The summed E-state index contributed by atoms with van der Waals surface area (Å²) in [6.45, 7) is 4.73. The minimum atomic E-state index is -0.0631. The molecule has 0 heterocycles. The van der Waals surface area contributed by atoms with Crippen LogP contribution in [0.3, 0.4) is 0 Å². The maximum Gasteiger partial charge on any atom is 0.160 e. The molecule has 5 aliphatic carbocycles. The van der Waals surface area contributed by atoms with Crippen molar-refractivity contribution in [2.24, 2.45) is 35.0 Å². The third-order valence-corrected chi connectivity index (χ3v) is 6.42. The molecule has 2 bridgehead atoms. The lowest BCUT2D eigenvalue weighted by Gasteiger charge is -2.62. The van der Waals surface area contributed by atoms with Gasteiger partial charge in [0, 0.05) is 11.8 Å². The normalized spacial score (nSPS) is 46.0. The lowest BCUT2D eigenvalue weighted by Crippen LogP contribution is -2.56. The maximum atomic E-state index is 12.2. The van der Waals surface area contributed by atoms with Gasteiger partial charge in [-0.15, -0.1) is 0 Å². The Hall–Kier alpha value is -1.18. The zero-order chi connectivity index (χ0) is 13.4. The van der Waals surface area contributed by atoms with Gasteiger partial charge >= 0.3 is 0 Å². The van der Waals surface area contributed by atoms with E-state index in [0.29, 0.717) is 17.3 Å². The highest BCUT2D eigenvalue weighted by Gasteiger charge is 2.59. The SMILES string of the molecule is CC1(C)[C@@H]2C[C@@H]1C1=CC[C@H]3C(=O)C=CC(=O)[C@H]3[C@H]1C2. The van der Waals surface area contributed by atoms with E-state index in [-0.39, 0.29) is 23.4 Å². The van der Waals surface area contributed by atoms with E-state index >= 15 is 0 Å². The lowest BCUT2D eigenvalue weighted by atomic mass is 9.42. The van der Waals surface area contributed by atoms with Crippen molar-refractivity contribution in [1.29, 1.82) is 0 Å². The molecule has 2 nitrogen and oxygen atoms in total. The molecule has 0 radical (unpaired) electrons. The molecular formula is C17H20O2. The quantitative estimate of drug-likeness (QED) is 0.624. The Morgan fingerprint density at radius 3 is 2.53 bits per heavy atom. The highest BCUT2D eigenvalue weighted by atomic mass is 16.1. The number of ketones is 2. The second-order valence-corrected chi connectivity index (χ2v) is 7.36. The molecule has 100 valence electrons. The number of carbonyl (C=O) groups is 2. The number of carbonyl (C=O) groups excluding carboxylic acids is 2. The van der Waals surface area contributed by atoms with Crippen LogP contribution in [-0.4, -0.2) is 11.6 Å². The van der Waals surface area contributed by atoms with Gasteiger partial charge in [0.1, 0.15) is 0 Å². The van der Waals surface area contributed by atoms with Crippen LogP contribution in [-0.2, 0) is 9.59 Å². The predicted octanol–water partition coefficient (Wildman–Crippen LogP) is 2.94. The first-order valence-corrected chi connectivity index (χ1v) is 7.46. The van der Waals surface area contributed by atoms with Crippen LogP contribution in [0.5, 0.6) is 0 Å². The molecule has 2 heteroatoms. The van der Waals surface area contributed by atoms with Gasteiger partial charge in [-0.1, -0.05) is 25.5 Å². The summed E-state index contributed by atoms with van der Waals surface area (Å²) >= 11 is 0. The Balaban J connectivity index is 1.75. The molecule has 5 atom stereocenters. The molecule has 0 saturated heterocycles. The Kier molecular flexibility index (Phi) is 2.13. The third kappa shape index (κ3) is 1.32. The number of hydrogen-bond acceptors (Lipinski definition) is 2. The highest BCUT2D eigenvalue weighted by Crippen LogP contribution is 2.65. The fraction of sp³-hybridized carbons (Fsp3) is 0.647. The van der Waals surface area contributed by atoms with E-state index in [1.54, 1.807) is 0 Å². The summed E-state index contributed by atoms with van der Waals surface area (Å²) in [7, 11) is 0. The van der Waals surface area contributed by atoms with Crippen molar-refractivity contribution in [3.05, 3.63) is 23.8 Å². The van der Waals surface area contributed by atoms with Crippen molar-refractivity contribution in [1.82, 2.24) is 0 Å². The molecule has 0 aromatic heterocycles. The minimum absolute atomic E-state index is 0.0427. The molecule has 19 heavy (non-hydrogen) atoms. The minimum Gasteiger partial charge on any atom is -0.295 e. The molecule has 5 rings (SSSR count). The van der Waals surface area contributed by atoms with Crippen LogP contribution < -0.4 is 0 Å². The number of hydrogen-bond donors (Lipinski definition) is 0. The molecule has 0 N–H and O–H groups in total. The van der Waals surface area contributed by atoms with Crippen LogP contribution in [0.25, 0.3) is 0 Å². The smallest absolute Gasteiger partial charge is 0.160 e. The number of allylic oxidation sites excluding steroid dienone is 4. The van der Waals surface area contributed by atoms with Gasteiger partial charge in [-0.05, 0) is 54.6 Å². The first-order chi connectivity index (χ1) is 9.00. The second-order valence-electron chi connectivity index (χ2n) is 7.36. The summed E-state index contributed by atoms with van der Waals surface area (Å²) in [5.41, 5.74) is 1.91. The van der Waals surface area contributed by atoms with Crippen LogP contribution in [0, 0.1) is 35.0 Å². The van der Waals surface area contributed by atoms with E-state index < -0.39 is 0 Å². The fourth-order valence-electron chi connectivity index (χ4n) is 5.11. The van der Waals surface area contributed by atoms with Crippen molar-refractivity contribution >= 4 is 11.6 Å². The van der Waals surface area contributed by atoms with Gasteiger partial charge in [0.05, 0.1) is 0 Å². The largest absolute Gasteiger partial charge is 0.295 e. The van der Waals surface area contributed by atoms with E-state index in [9.17, 15) is 9.59 Å². The topological polar surface area (TPSA) is 34.1 Å². The van der Waals surface area contributed by atoms with Crippen molar-refractivity contribution < 1.29 is 9.59 Å². The second kappa shape index (κ2) is 3.47. The monoisotopic (exact) mass is 256 g/mol. The first-order valence-electron chi connectivity index (χ1n) is 7.46. The fourth-order valence-corrected chi connectivity index (χ4v) is 5.11. The van der Waals surface area contributed by atoms with Crippen molar-refractivity contribution in [3.63, 3.8) is 0 Å². The summed E-state index contributed by atoms with van der Waals surface area (Å²) in [5.74, 6) is 2.01. The molecule has 0 unspecified atom stereocenters. The summed E-state index contributed by atoms with van der Waals surface area (Å²) < 4.78 is 0. The zero-order valence-corrected chi connectivity index (χ0v) is 11.6. The van der Waals surface area contributed by atoms with Crippen LogP contribution >= 0.6 is 0 Å². The van der Waals surface area contributed by atoms with Gasteiger partial charge in [-0.2, -0.15) is 0 Å². The van der Waals surface area contributed by atoms with E-state index in [2.05, 4.69) is 19.9 Å². The molecule has 5 aliphatic rings.